The standard InChI is InChI=1S/C16H25NO/c1-3-11-17-16(14-5-4-6-14)12-13-7-9-15(18-2)10-8-13/h7-10,14,16-17H,3-6,11-12H2,1-2H3. The van der Waals surface area contributed by atoms with Gasteiger partial charge in [0.2, 0.25) is 0 Å². The minimum atomic E-state index is 0.659. The molecule has 2 nitrogen and oxygen atoms in total. The lowest BCUT2D eigenvalue weighted by Crippen LogP contribution is -2.41. The molecule has 1 aliphatic carbocycles. The third-order valence-electron chi connectivity index (χ3n) is 3.99. The van der Waals surface area contributed by atoms with Crippen LogP contribution in [0.2, 0.25) is 0 Å². The van der Waals surface area contributed by atoms with Crippen LogP contribution in [0.4, 0.5) is 0 Å². The molecule has 0 spiro atoms. The van der Waals surface area contributed by atoms with E-state index < -0.39 is 0 Å². The lowest BCUT2D eigenvalue weighted by atomic mass is 9.77. The first-order chi connectivity index (χ1) is 8.83. The van der Waals surface area contributed by atoms with Crippen LogP contribution in [0.25, 0.3) is 0 Å². The fourth-order valence-corrected chi connectivity index (χ4v) is 2.59. The van der Waals surface area contributed by atoms with Crippen molar-refractivity contribution in [1.29, 1.82) is 0 Å². The van der Waals surface area contributed by atoms with Gasteiger partial charge >= 0.3 is 0 Å². The molecule has 1 aromatic carbocycles. The first kappa shape index (κ1) is 13.4. The van der Waals surface area contributed by atoms with Crippen LogP contribution in [0.5, 0.6) is 5.75 Å². The van der Waals surface area contributed by atoms with Crippen molar-refractivity contribution in [3.63, 3.8) is 0 Å². The zero-order valence-electron chi connectivity index (χ0n) is 11.6. The van der Waals surface area contributed by atoms with Gasteiger partial charge in [-0.05, 0) is 55.8 Å². The van der Waals surface area contributed by atoms with Crippen LogP contribution in [0.15, 0.2) is 24.3 Å². The third-order valence-corrected chi connectivity index (χ3v) is 3.99. The maximum atomic E-state index is 5.20. The summed E-state index contributed by atoms with van der Waals surface area (Å²) < 4.78 is 5.20. The van der Waals surface area contributed by atoms with E-state index in [0.29, 0.717) is 6.04 Å². The Balaban J connectivity index is 1.93. The molecule has 0 aromatic heterocycles. The van der Waals surface area contributed by atoms with Crippen molar-refractivity contribution in [2.45, 2.75) is 45.1 Å². The molecule has 0 amide bonds. The Hall–Kier alpha value is -1.02. The Morgan fingerprint density at radius 1 is 1.28 bits per heavy atom. The van der Waals surface area contributed by atoms with Gasteiger partial charge in [0.05, 0.1) is 7.11 Å². The van der Waals surface area contributed by atoms with Gasteiger partial charge in [0.25, 0.3) is 0 Å². The molecule has 0 bridgehead atoms. The van der Waals surface area contributed by atoms with E-state index in [2.05, 4.69) is 36.5 Å². The Morgan fingerprint density at radius 2 is 2.00 bits per heavy atom. The van der Waals surface area contributed by atoms with Crippen molar-refractivity contribution < 1.29 is 4.74 Å². The van der Waals surface area contributed by atoms with Gasteiger partial charge in [0, 0.05) is 6.04 Å². The number of rotatable bonds is 7. The second-order valence-electron chi connectivity index (χ2n) is 5.30. The van der Waals surface area contributed by atoms with Crippen molar-refractivity contribution in [3.05, 3.63) is 29.8 Å². The van der Waals surface area contributed by atoms with Gasteiger partial charge in [0.1, 0.15) is 5.75 Å². The maximum Gasteiger partial charge on any atom is 0.118 e. The van der Waals surface area contributed by atoms with Crippen molar-refractivity contribution >= 4 is 0 Å². The van der Waals surface area contributed by atoms with Crippen molar-refractivity contribution in [1.82, 2.24) is 5.32 Å². The van der Waals surface area contributed by atoms with E-state index in [4.69, 9.17) is 4.74 Å². The number of nitrogens with one attached hydrogen (secondary N) is 1. The summed E-state index contributed by atoms with van der Waals surface area (Å²) in [5.74, 6) is 1.83. The van der Waals surface area contributed by atoms with Gasteiger partial charge in [-0.2, -0.15) is 0 Å². The Morgan fingerprint density at radius 3 is 2.50 bits per heavy atom. The molecule has 1 fully saturated rings. The molecule has 1 N–H and O–H groups in total. The Labute approximate surface area is 111 Å². The topological polar surface area (TPSA) is 21.3 Å². The number of methoxy groups -OCH3 is 1. The van der Waals surface area contributed by atoms with Crippen molar-refractivity contribution in [2.24, 2.45) is 5.92 Å². The molecule has 2 rings (SSSR count). The lowest BCUT2D eigenvalue weighted by Gasteiger charge is -2.34. The van der Waals surface area contributed by atoms with E-state index >= 15 is 0 Å². The minimum Gasteiger partial charge on any atom is -0.497 e. The summed E-state index contributed by atoms with van der Waals surface area (Å²) in [5, 5.41) is 3.72. The molecule has 0 heterocycles. The molecular weight excluding hydrogens is 222 g/mol. The molecule has 0 radical (unpaired) electrons. The van der Waals surface area contributed by atoms with E-state index in [1.807, 2.05) is 0 Å². The van der Waals surface area contributed by atoms with E-state index in [1.165, 1.54) is 31.2 Å². The molecule has 1 unspecified atom stereocenters. The third kappa shape index (κ3) is 3.49. The molecule has 1 atom stereocenters. The maximum absolute atomic E-state index is 5.20. The van der Waals surface area contributed by atoms with Crippen LogP contribution >= 0.6 is 0 Å². The predicted molar refractivity (Wildman–Crippen MR) is 76.1 cm³/mol. The average molecular weight is 247 g/mol. The normalized spacial score (nSPS) is 17.2. The summed E-state index contributed by atoms with van der Waals surface area (Å²) in [4.78, 5) is 0. The van der Waals surface area contributed by atoms with E-state index in [-0.39, 0.29) is 0 Å². The molecule has 100 valence electrons. The highest BCUT2D eigenvalue weighted by Gasteiger charge is 2.26. The smallest absolute Gasteiger partial charge is 0.118 e. The van der Waals surface area contributed by atoms with Gasteiger partial charge in [-0.3, -0.25) is 0 Å². The van der Waals surface area contributed by atoms with Crippen LogP contribution in [0.1, 0.15) is 38.2 Å². The quantitative estimate of drug-likeness (QED) is 0.797. The molecule has 1 aromatic rings. The summed E-state index contributed by atoms with van der Waals surface area (Å²) in [6.45, 7) is 3.37. The monoisotopic (exact) mass is 247 g/mol. The number of benzene rings is 1. The first-order valence-electron chi connectivity index (χ1n) is 7.19. The second kappa shape index (κ2) is 6.79. The van der Waals surface area contributed by atoms with Crippen molar-refractivity contribution in [2.75, 3.05) is 13.7 Å². The van der Waals surface area contributed by atoms with Crippen molar-refractivity contribution in [3.8, 4) is 5.75 Å². The lowest BCUT2D eigenvalue weighted by molar-refractivity contribution is 0.227. The van der Waals surface area contributed by atoms with Crippen LogP contribution in [-0.4, -0.2) is 19.7 Å². The molecular formula is C16H25NO. The molecule has 1 aliphatic rings. The zero-order valence-corrected chi connectivity index (χ0v) is 11.6. The molecule has 2 heteroatoms. The van der Waals surface area contributed by atoms with Gasteiger partial charge in [-0.1, -0.05) is 25.5 Å². The Bertz CT molecular complexity index is 343. The van der Waals surface area contributed by atoms with Gasteiger partial charge < -0.3 is 10.1 Å². The van der Waals surface area contributed by atoms with E-state index in [9.17, 15) is 0 Å². The van der Waals surface area contributed by atoms with Crippen LogP contribution in [0, 0.1) is 5.92 Å². The number of hydrogen-bond donors (Lipinski definition) is 1. The van der Waals surface area contributed by atoms with Crippen LogP contribution in [0.3, 0.4) is 0 Å². The summed E-state index contributed by atoms with van der Waals surface area (Å²) in [6.07, 6.45) is 6.58. The summed E-state index contributed by atoms with van der Waals surface area (Å²) >= 11 is 0. The average Bonchev–Trinajstić information content (AvgIpc) is 2.34. The van der Waals surface area contributed by atoms with Gasteiger partial charge in [-0.25, -0.2) is 0 Å². The predicted octanol–water partition coefficient (Wildman–Crippen LogP) is 3.41. The second-order valence-corrected chi connectivity index (χ2v) is 5.30. The van der Waals surface area contributed by atoms with E-state index in [0.717, 1.165) is 24.6 Å². The highest BCUT2D eigenvalue weighted by Crippen LogP contribution is 2.31. The molecule has 1 saturated carbocycles. The van der Waals surface area contributed by atoms with E-state index in [1.54, 1.807) is 7.11 Å². The zero-order chi connectivity index (χ0) is 12.8. The number of hydrogen-bond acceptors (Lipinski definition) is 2. The van der Waals surface area contributed by atoms with Gasteiger partial charge in [-0.15, -0.1) is 0 Å². The van der Waals surface area contributed by atoms with Crippen LogP contribution in [-0.2, 0) is 6.42 Å². The number of ether oxygens (including phenoxy) is 1. The molecule has 0 saturated heterocycles. The fraction of sp³-hybridized carbons (Fsp3) is 0.625. The highest BCUT2D eigenvalue weighted by atomic mass is 16.5. The largest absolute Gasteiger partial charge is 0.497 e. The highest BCUT2D eigenvalue weighted by molar-refractivity contribution is 5.27. The molecule has 0 aliphatic heterocycles. The SMILES string of the molecule is CCCNC(Cc1ccc(OC)cc1)C1CCC1. The molecule has 18 heavy (non-hydrogen) atoms. The fourth-order valence-electron chi connectivity index (χ4n) is 2.59. The summed E-state index contributed by atoms with van der Waals surface area (Å²) in [7, 11) is 1.72. The van der Waals surface area contributed by atoms with Gasteiger partial charge in [0.15, 0.2) is 0 Å². The van der Waals surface area contributed by atoms with Crippen LogP contribution < -0.4 is 10.1 Å². The summed E-state index contributed by atoms with van der Waals surface area (Å²) in [5.41, 5.74) is 1.41. The first-order valence-corrected chi connectivity index (χ1v) is 7.19. The summed E-state index contributed by atoms with van der Waals surface area (Å²) in [6, 6.07) is 9.17. The Kier molecular flexibility index (Phi) is 5.06. The minimum absolute atomic E-state index is 0.659.